The van der Waals surface area contributed by atoms with E-state index >= 15 is 0 Å². The quantitative estimate of drug-likeness (QED) is 0.732. The lowest BCUT2D eigenvalue weighted by atomic mass is 10.3. The summed E-state index contributed by atoms with van der Waals surface area (Å²) in [7, 11) is 1.53. The number of hydrogen-bond acceptors (Lipinski definition) is 5. The van der Waals surface area contributed by atoms with Crippen molar-refractivity contribution in [2.75, 3.05) is 18.9 Å². The Hall–Kier alpha value is -3.13. The number of carbonyl (C=O) groups excluding carboxylic acids is 2. The lowest BCUT2D eigenvalue weighted by Gasteiger charge is -2.16. The van der Waals surface area contributed by atoms with Crippen LogP contribution in [-0.2, 0) is 4.79 Å². The van der Waals surface area contributed by atoms with Gasteiger partial charge in [-0.15, -0.1) is 11.3 Å². The average molecular weight is 384 g/mol. The van der Waals surface area contributed by atoms with Crippen LogP contribution in [0.25, 0.3) is 10.7 Å². The number of hydrogen-bond donors (Lipinski definition) is 1. The number of benzene rings is 1. The Morgan fingerprint density at radius 1 is 1.22 bits per heavy atom. The molecule has 3 aromatic rings. The molecule has 0 fully saturated rings. The number of nitrogens with zero attached hydrogens (tertiary/aromatic N) is 3. The maximum absolute atomic E-state index is 13.2. The summed E-state index contributed by atoms with van der Waals surface area (Å²) in [5.74, 6) is -1.16. The van der Waals surface area contributed by atoms with Gasteiger partial charge in [-0.2, -0.15) is 0 Å². The number of nitrogens with one attached hydrogen (secondary N) is 1. The Balaban J connectivity index is 1.68. The zero-order valence-electron chi connectivity index (χ0n) is 14.8. The van der Waals surface area contributed by atoms with E-state index < -0.39 is 11.7 Å². The number of halogens is 1. The van der Waals surface area contributed by atoms with Gasteiger partial charge in [-0.25, -0.2) is 9.37 Å². The highest BCUT2D eigenvalue weighted by Gasteiger charge is 2.21. The SMILES string of the molecule is Cc1nc(-c2ccccn2)sc1C(=O)N(C)CC(=O)Nc1cccc(F)c1. The van der Waals surface area contributed by atoms with Gasteiger partial charge < -0.3 is 10.2 Å². The van der Waals surface area contributed by atoms with Crippen LogP contribution in [0.5, 0.6) is 0 Å². The molecule has 0 radical (unpaired) electrons. The van der Waals surface area contributed by atoms with Crippen LogP contribution in [0.15, 0.2) is 48.7 Å². The van der Waals surface area contributed by atoms with Gasteiger partial charge in [0.1, 0.15) is 15.7 Å². The van der Waals surface area contributed by atoms with E-state index in [0.29, 0.717) is 27.0 Å². The Bertz CT molecular complexity index is 975. The summed E-state index contributed by atoms with van der Waals surface area (Å²) in [6.45, 7) is 1.59. The van der Waals surface area contributed by atoms with Crippen LogP contribution >= 0.6 is 11.3 Å². The van der Waals surface area contributed by atoms with Gasteiger partial charge in [-0.3, -0.25) is 14.6 Å². The summed E-state index contributed by atoms with van der Waals surface area (Å²) in [6.07, 6.45) is 1.66. The first-order valence-corrected chi connectivity index (χ1v) is 8.95. The zero-order chi connectivity index (χ0) is 19.4. The van der Waals surface area contributed by atoms with Crippen molar-refractivity contribution >= 4 is 28.8 Å². The Morgan fingerprint density at radius 2 is 2.04 bits per heavy atom. The number of aryl methyl sites for hydroxylation is 1. The molecule has 1 N–H and O–H groups in total. The monoisotopic (exact) mass is 384 g/mol. The lowest BCUT2D eigenvalue weighted by molar-refractivity contribution is -0.116. The molecule has 6 nitrogen and oxygen atoms in total. The molecule has 27 heavy (non-hydrogen) atoms. The first-order valence-electron chi connectivity index (χ1n) is 8.14. The van der Waals surface area contributed by atoms with Crippen molar-refractivity contribution in [3.8, 4) is 10.7 Å². The standard InChI is InChI=1S/C19H17FN4O2S/c1-12-17(27-18(22-12)15-8-3-4-9-21-15)19(26)24(2)11-16(25)23-14-7-5-6-13(20)10-14/h3-10H,11H2,1-2H3,(H,23,25). The number of rotatable bonds is 5. The third-order valence-electron chi connectivity index (χ3n) is 3.71. The average Bonchev–Trinajstić information content (AvgIpc) is 3.03. The molecule has 8 heteroatoms. The predicted octanol–water partition coefficient (Wildman–Crippen LogP) is 3.36. The fourth-order valence-electron chi connectivity index (χ4n) is 2.42. The Labute approximate surface area is 159 Å². The number of thiazole rings is 1. The number of likely N-dealkylation sites (N-methyl/N-ethyl adjacent to an activating group) is 1. The summed E-state index contributed by atoms with van der Waals surface area (Å²) in [6, 6.07) is 11.1. The van der Waals surface area contributed by atoms with E-state index in [1.165, 1.54) is 41.5 Å². The van der Waals surface area contributed by atoms with Crippen LogP contribution in [0, 0.1) is 12.7 Å². The summed E-state index contributed by atoms with van der Waals surface area (Å²) in [4.78, 5) is 35.2. The summed E-state index contributed by atoms with van der Waals surface area (Å²) >= 11 is 1.24. The zero-order valence-corrected chi connectivity index (χ0v) is 15.6. The lowest BCUT2D eigenvalue weighted by Crippen LogP contribution is -2.34. The minimum Gasteiger partial charge on any atom is -0.332 e. The number of amides is 2. The van der Waals surface area contributed by atoms with Crippen molar-refractivity contribution < 1.29 is 14.0 Å². The molecule has 0 bridgehead atoms. The maximum atomic E-state index is 13.2. The van der Waals surface area contributed by atoms with Crippen LogP contribution in [0.1, 0.15) is 15.4 Å². The molecular formula is C19H17FN4O2S. The number of pyridine rings is 1. The molecule has 0 atom stereocenters. The largest absolute Gasteiger partial charge is 0.332 e. The first kappa shape index (κ1) is 18.7. The van der Waals surface area contributed by atoms with Gasteiger partial charge in [0.2, 0.25) is 5.91 Å². The van der Waals surface area contributed by atoms with Crippen LogP contribution in [-0.4, -0.2) is 40.3 Å². The van der Waals surface area contributed by atoms with Gasteiger partial charge in [-0.1, -0.05) is 12.1 Å². The van der Waals surface area contributed by atoms with E-state index in [1.807, 2.05) is 12.1 Å². The van der Waals surface area contributed by atoms with Crippen molar-refractivity contribution in [3.05, 3.63) is 65.0 Å². The summed E-state index contributed by atoms with van der Waals surface area (Å²) in [5, 5.41) is 3.22. The first-order chi connectivity index (χ1) is 12.9. The predicted molar refractivity (Wildman–Crippen MR) is 102 cm³/mol. The third kappa shape index (κ3) is 4.53. The topological polar surface area (TPSA) is 75.2 Å². The molecule has 2 heterocycles. The fraction of sp³-hybridized carbons (Fsp3) is 0.158. The minimum absolute atomic E-state index is 0.161. The van der Waals surface area contributed by atoms with E-state index in [4.69, 9.17) is 0 Å². The van der Waals surface area contributed by atoms with E-state index in [-0.39, 0.29) is 12.5 Å². The number of aromatic nitrogens is 2. The van der Waals surface area contributed by atoms with Gasteiger partial charge in [0.05, 0.1) is 17.9 Å². The van der Waals surface area contributed by atoms with Crippen LogP contribution in [0.4, 0.5) is 10.1 Å². The molecule has 138 valence electrons. The van der Waals surface area contributed by atoms with E-state index in [0.717, 1.165) is 0 Å². The van der Waals surface area contributed by atoms with Crippen molar-refractivity contribution in [2.24, 2.45) is 0 Å². The highest BCUT2D eigenvalue weighted by atomic mass is 32.1. The minimum atomic E-state index is -0.445. The van der Waals surface area contributed by atoms with E-state index in [1.54, 1.807) is 25.3 Å². The van der Waals surface area contributed by atoms with Crippen molar-refractivity contribution in [3.63, 3.8) is 0 Å². The van der Waals surface area contributed by atoms with Gasteiger partial charge in [0.25, 0.3) is 5.91 Å². The molecular weight excluding hydrogens is 367 g/mol. The second-order valence-corrected chi connectivity index (χ2v) is 6.87. The maximum Gasteiger partial charge on any atom is 0.266 e. The third-order valence-corrected chi connectivity index (χ3v) is 4.88. The van der Waals surface area contributed by atoms with Crippen molar-refractivity contribution in [1.82, 2.24) is 14.9 Å². The van der Waals surface area contributed by atoms with Gasteiger partial charge >= 0.3 is 0 Å². The van der Waals surface area contributed by atoms with Crippen molar-refractivity contribution in [2.45, 2.75) is 6.92 Å². The van der Waals surface area contributed by atoms with Crippen molar-refractivity contribution in [1.29, 1.82) is 0 Å². The summed E-state index contributed by atoms with van der Waals surface area (Å²) < 4.78 is 13.2. The molecule has 0 spiro atoms. The molecule has 1 aromatic carbocycles. The Kier molecular flexibility index (Phi) is 5.56. The normalized spacial score (nSPS) is 10.5. The van der Waals surface area contributed by atoms with Gasteiger partial charge in [-0.05, 0) is 37.3 Å². The molecule has 3 rings (SSSR count). The molecule has 0 saturated carbocycles. The number of anilines is 1. The Morgan fingerprint density at radius 3 is 2.74 bits per heavy atom. The van der Waals surface area contributed by atoms with E-state index in [2.05, 4.69) is 15.3 Å². The molecule has 0 unspecified atom stereocenters. The van der Waals surface area contributed by atoms with Crippen LogP contribution in [0.2, 0.25) is 0 Å². The molecule has 0 aliphatic carbocycles. The van der Waals surface area contributed by atoms with Crippen LogP contribution < -0.4 is 5.32 Å². The molecule has 2 aromatic heterocycles. The summed E-state index contributed by atoms with van der Waals surface area (Å²) in [5.41, 5.74) is 1.62. The smallest absolute Gasteiger partial charge is 0.266 e. The highest BCUT2D eigenvalue weighted by Crippen LogP contribution is 2.27. The van der Waals surface area contributed by atoms with Gasteiger partial charge in [0, 0.05) is 18.9 Å². The second kappa shape index (κ2) is 8.05. The molecule has 0 aliphatic heterocycles. The van der Waals surface area contributed by atoms with Gasteiger partial charge in [0.15, 0.2) is 0 Å². The molecule has 0 saturated heterocycles. The number of carbonyl (C=O) groups is 2. The van der Waals surface area contributed by atoms with Crippen LogP contribution in [0.3, 0.4) is 0 Å². The highest BCUT2D eigenvalue weighted by molar-refractivity contribution is 7.17. The molecule has 0 aliphatic rings. The van der Waals surface area contributed by atoms with E-state index in [9.17, 15) is 14.0 Å². The molecule has 2 amide bonds. The fourth-order valence-corrected chi connectivity index (χ4v) is 3.46. The second-order valence-electron chi connectivity index (χ2n) is 5.87.